The summed E-state index contributed by atoms with van der Waals surface area (Å²) in [5, 5.41) is 11.8. The first-order valence-corrected chi connectivity index (χ1v) is 4.91. The van der Waals surface area contributed by atoms with Crippen molar-refractivity contribution in [1.82, 2.24) is 0 Å². The van der Waals surface area contributed by atoms with E-state index in [1.165, 1.54) is 5.56 Å². The van der Waals surface area contributed by atoms with Crippen LogP contribution in [0.2, 0.25) is 0 Å². The Hall–Kier alpha value is -1.83. The van der Waals surface area contributed by atoms with E-state index in [2.05, 4.69) is 24.2 Å². The summed E-state index contributed by atoms with van der Waals surface area (Å²) in [4.78, 5) is 0. The molecule has 1 aromatic rings. The van der Waals surface area contributed by atoms with Crippen molar-refractivity contribution in [2.75, 3.05) is 0 Å². The number of allylic oxidation sites excluding steroid dienone is 4. The molecule has 0 atom stereocenters. The quantitative estimate of drug-likeness (QED) is 0.547. The third-order valence-electron chi connectivity index (χ3n) is 2.71. The molecule has 2 rings (SSSR count). The van der Waals surface area contributed by atoms with Gasteiger partial charge in [-0.3, -0.25) is 0 Å². The van der Waals surface area contributed by atoms with E-state index in [9.17, 15) is 0 Å². The highest BCUT2D eigenvalue weighted by Gasteiger charge is 2.22. The summed E-state index contributed by atoms with van der Waals surface area (Å²) in [5.74, 6) is 0. The van der Waals surface area contributed by atoms with Gasteiger partial charge < -0.3 is 5.21 Å². The molecule has 1 N–H and O–H groups in total. The van der Waals surface area contributed by atoms with Gasteiger partial charge in [-0.05, 0) is 24.6 Å². The van der Waals surface area contributed by atoms with Crippen LogP contribution in [0.1, 0.15) is 12.5 Å². The zero-order valence-corrected chi connectivity index (χ0v) is 8.59. The predicted molar refractivity (Wildman–Crippen MR) is 61.3 cm³/mol. The molecule has 0 aromatic heterocycles. The average Bonchev–Trinajstić information content (AvgIpc) is 2.31. The maximum atomic E-state index is 8.62. The molecule has 2 heteroatoms. The normalized spacial score (nSPS) is 24.2. The fraction of sp³-hybridized carbons (Fsp3) is 0.154. The van der Waals surface area contributed by atoms with Gasteiger partial charge >= 0.3 is 0 Å². The number of benzene rings is 1. The van der Waals surface area contributed by atoms with Crippen LogP contribution in [0.4, 0.5) is 0 Å². The lowest BCUT2D eigenvalue weighted by Gasteiger charge is -2.24. The Labute approximate surface area is 89.2 Å². The molecule has 1 aliphatic carbocycles. The first-order valence-electron chi connectivity index (χ1n) is 4.91. The molecule has 0 saturated carbocycles. The van der Waals surface area contributed by atoms with Crippen molar-refractivity contribution in [1.29, 1.82) is 0 Å². The Kier molecular flexibility index (Phi) is 2.42. The number of oxime groups is 1. The molecule has 2 nitrogen and oxygen atoms in total. The minimum atomic E-state index is -0.102. The first kappa shape index (κ1) is 9.71. The van der Waals surface area contributed by atoms with Crippen molar-refractivity contribution in [2.24, 2.45) is 5.16 Å². The molecule has 1 aliphatic rings. The number of nitrogens with zero attached hydrogens (tertiary/aromatic N) is 1. The Morgan fingerprint density at radius 3 is 2.20 bits per heavy atom. The van der Waals surface area contributed by atoms with Crippen molar-refractivity contribution < 1.29 is 5.21 Å². The smallest absolute Gasteiger partial charge is 0.102 e. The standard InChI is InChI=1S/C13H13NO/c1-13(11-5-3-2-4-6-11)9-7-12(14-15)8-10-13/h2-10,15H,1H3. The predicted octanol–water partition coefficient (Wildman–Crippen LogP) is 2.90. The summed E-state index contributed by atoms with van der Waals surface area (Å²) in [6.45, 7) is 2.13. The van der Waals surface area contributed by atoms with Gasteiger partial charge in [0.05, 0.1) is 0 Å². The van der Waals surface area contributed by atoms with Crippen molar-refractivity contribution in [3.63, 3.8) is 0 Å². The molecule has 0 spiro atoms. The van der Waals surface area contributed by atoms with E-state index >= 15 is 0 Å². The molecular weight excluding hydrogens is 186 g/mol. The van der Waals surface area contributed by atoms with E-state index in [1.807, 2.05) is 42.5 Å². The molecule has 76 valence electrons. The highest BCUT2D eigenvalue weighted by Crippen LogP contribution is 2.29. The molecule has 0 aliphatic heterocycles. The summed E-state index contributed by atoms with van der Waals surface area (Å²) in [7, 11) is 0. The largest absolute Gasteiger partial charge is 0.410 e. The van der Waals surface area contributed by atoms with Gasteiger partial charge in [0.15, 0.2) is 0 Å². The lowest BCUT2D eigenvalue weighted by atomic mass is 9.79. The lowest BCUT2D eigenvalue weighted by Crippen LogP contribution is -2.19. The van der Waals surface area contributed by atoms with Crippen LogP contribution in [0.5, 0.6) is 0 Å². The Bertz CT molecular complexity index is 413. The molecule has 15 heavy (non-hydrogen) atoms. The van der Waals surface area contributed by atoms with Crippen LogP contribution in [0, 0.1) is 0 Å². The minimum absolute atomic E-state index is 0.102. The van der Waals surface area contributed by atoms with Gasteiger partial charge in [0, 0.05) is 5.41 Å². The first-order chi connectivity index (χ1) is 7.24. The van der Waals surface area contributed by atoms with Gasteiger partial charge in [-0.15, -0.1) is 0 Å². The zero-order valence-electron chi connectivity index (χ0n) is 8.59. The van der Waals surface area contributed by atoms with Crippen LogP contribution >= 0.6 is 0 Å². The summed E-state index contributed by atoms with van der Waals surface area (Å²) >= 11 is 0. The Morgan fingerprint density at radius 2 is 1.67 bits per heavy atom. The summed E-state index contributed by atoms with van der Waals surface area (Å²) in [5.41, 5.74) is 1.72. The lowest BCUT2D eigenvalue weighted by molar-refractivity contribution is 0.320. The van der Waals surface area contributed by atoms with E-state index in [4.69, 9.17) is 5.21 Å². The molecule has 0 amide bonds. The minimum Gasteiger partial charge on any atom is -0.410 e. The maximum absolute atomic E-state index is 8.62. The fourth-order valence-electron chi connectivity index (χ4n) is 1.68. The van der Waals surface area contributed by atoms with E-state index < -0.39 is 0 Å². The summed E-state index contributed by atoms with van der Waals surface area (Å²) in [6.07, 6.45) is 7.73. The number of hydrogen-bond acceptors (Lipinski definition) is 2. The maximum Gasteiger partial charge on any atom is 0.102 e. The summed E-state index contributed by atoms with van der Waals surface area (Å²) in [6, 6.07) is 10.2. The Morgan fingerprint density at radius 1 is 1.07 bits per heavy atom. The van der Waals surface area contributed by atoms with Gasteiger partial charge in [-0.2, -0.15) is 0 Å². The highest BCUT2D eigenvalue weighted by molar-refractivity contribution is 6.04. The molecular formula is C13H13NO. The molecule has 0 radical (unpaired) electrons. The molecule has 0 fully saturated rings. The van der Waals surface area contributed by atoms with Crippen molar-refractivity contribution in [3.8, 4) is 0 Å². The fourth-order valence-corrected chi connectivity index (χ4v) is 1.68. The van der Waals surface area contributed by atoms with Crippen LogP contribution in [0.3, 0.4) is 0 Å². The second-order valence-corrected chi connectivity index (χ2v) is 3.84. The van der Waals surface area contributed by atoms with Crippen LogP contribution in [0.25, 0.3) is 0 Å². The second-order valence-electron chi connectivity index (χ2n) is 3.84. The summed E-state index contributed by atoms with van der Waals surface area (Å²) < 4.78 is 0. The molecule has 1 aromatic carbocycles. The van der Waals surface area contributed by atoms with Crippen LogP contribution < -0.4 is 0 Å². The van der Waals surface area contributed by atoms with Crippen LogP contribution in [-0.4, -0.2) is 10.9 Å². The van der Waals surface area contributed by atoms with Crippen molar-refractivity contribution >= 4 is 5.71 Å². The molecule has 0 unspecified atom stereocenters. The van der Waals surface area contributed by atoms with Crippen molar-refractivity contribution in [2.45, 2.75) is 12.3 Å². The molecule has 0 bridgehead atoms. The Balaban J connectivity index is 2.36. The van der Waals surface area contributed by atoms with Gasteiger partial charge in [0.2, 0.25) is 0 Å². The van der Waals surface area contributed by atoms with Gasteiger partial charge in [-0.25, -0.2) is 0 Å². The zero-order chi connectivity index (χ0) is 10.7. The number of hydrogen-bond donors (Lipinski definition) is 1. The van der Waals surface area contributed by atoms with E-state index in [0.717, 1.165) is 0 Å². The van der Waals surface area contributed by atoms with Gasteiger partial charge in [-0.1, -0.05) is 47.6 Å². The topological polar surface area (TPSA) is 32.6 Å². The SMILES string of the molecule is CC1(c2ccccc2)C=CC(=NO)C=C1. The molecule has 0 saturated heterocycles. The second kappa shape index (κ2) is 3.73. The molecule has 0 heterocycles. The third-order valence-corrected chi connectivity index (χ3v) is 2.71. The monoisotopic (exact) mass is 199 g/mol. The van der Waals surface area contributed by atoms with Crippen LogP contribution in [0.15, 0.2) is 59.8 Å². The number of rotatable bonds is 1. The van der Waals surface area contributed by atoms with Gasteiger partial charge in [0.1, 0.15) is 5.71 Å². The third kappa shape index (κ3) is 1.84. The van der Waals surface area contributed by atoms with E-state index in [0.29, 0.717) is 5.71 Å². The van der Waals surface area contributed by atoms with E-state index in [-0.39, 0.29) is 5.41 Å². The van der Waals surface area contributed by atoms with Crippen molar-refractivity contribution in [3.05, 3.63) is 60.2 Å². The average molecular weight is 199 g/mol. The highest BCUT2D eigenvalue weighted by atomic mass is 16.4. The van der Waals surface area contributed by atoms with Gasteiger partial charge in [0.25, 0.3) is 0 Å². The van der Waals surface area contributed by atoms with Crippen LogP contribution in [-0.2, 0) is 5.41 Å². The van der Waals surface area contributed by atoms with E-state index in [1.54, 1.807) is 0 Å².